The molecule has 3 N–H and O–H groups in total. The van der Waals surface area contributed by atoms with Gasteiger partial charge in [0.15, 0.2) is 0 Å². The van der Waals surface area contributed by atoms with E-state index in [1.165, 1.54) is 0 Å². The zero-order chi connectivity index (χ0) is 14.3. The van der Waals surface area contributed by atoms with Crippen molar-refractivity contribution in [3.63, 3.8) is 0 Å². The third-order valence-electron chi connectivity index (χ3n) is 3.57. The van der Waals surface area contributed by atoms with E-state index in [0.29, 0.717) is 0 Å². The third kappa shape index (κ3) is 2.78. The molecule has 2 heterocycles. The van der Waals surface area contributed by atoms with Gasteiger partial charge in [-0.3, -0.25) is 4.90 Å². The Bertz CT molecular complexity index is 619. The Morgan fingerprint density at radius 2 is 2.30 bits per heavy atom. The summed E-state index contributed by atoms with van der Waals surface area (Å²) in [6.07, 6.45) is 0.249. The Kier molecular flexibility index (Phi) is 3.18. The fraction of sp³-hybridized carbons (Fsp3) is 0.533. The van der Waals surface area contributed by atoms with E-state index in [4.69, 9.17) is 10.5 Å². The van der Waals surface area contributed by atoms with E-state index in [-0.39, 0.29) is 11.7 Å². The van der Waals surface area contributed by atoms with Crippen LogP contribution in [-0.4, -0.2) is 39.7 Å². The number of imidazole rings is 1. The minimum absolute atomic E-state index is 0.103. The van der Waals surface area contributed by atoms with Crippen molar-refractivity contribution in [1.29, 1.82) is 0 Å². The van der Waals surface area contributed by atoms with Crippen LogP contribution in [-0.2, 0) is 11.3 Å². The predicted octanol–water partition coefficient (Wildman–Crippen LogP) is 2.14. The van der Waals surface area contributed by atoms with Crippen molar-refractivity contribution in [3.05, 3.63) is 24.0 Å². The number of nitrogen functional groups attached to an aromatic ring is 1. The second-order valence-corrected chi connectivity index (χ2v) is 6.32. The average molecular weight is 274 g/mol. The molecular weight excluding hydrogens is 252 g/mol. The van der Waals surface area contributed by atoms with Crippen LogP contribution in [0.15, 0.2) is 18.2 Å². The first-order valence-corrected chi connectivity index (χ1v) is 7.06. The van der Waals surface area contributed by atoms with Crippen molar-refractivity contribution in [2.75, 3.05) is 18.8 Å². The van der Waals surface area contributed by atoms with Crippen LogP contribution < -0.4 is 5.73 Å². The van der Waals surface area contributed by atoms with Gasteiger partial charge in [0.2, 0.25) is 0 Å². The largest absolute Gasteiger partial charge is 0.399 e. The Labute approximate surface area is 119 Å². The van der Waals surface area contributed by atoms with E-state index < -0.39 is 0 Å². The molecule has 3 rings (SSSR count). The highest BCUT2D eigenvalue weighted by molar-refractivity contribution is 5.78. The van der Waals surface area contributed by atoms with Gasteiger partial charge in [-0.2, -0.15) is 0 Å². The van der Waals surface area contributed by atoms with Crippen molar-refractivity contribution < 1.29 is 4.74 Å². The maximum absolute atomic E-state index is 5.93. The molecule has 1 aliphatic rings. The Balaban J connectivity index is 1.78. The predicted molar refractivity (Wildman–Crippen MR) is 80.4 cm³/mol. The number of ether oxygens (including phenoxy) is 1. The van der Waals surface area contributed by atoms with Crippen LogP contribution in [0.25, 0.3) is 11.0 Å². The zero-order valence-electron chi connectivity index (χ0n) is 12.3. The van der Waals surface area contributed by atoms with E-state index in [1.54, 1.807) is 0 Å². The second-order valence-electron chi connectivity index (χ2n) is 6.32. The number of anilines is 1. The molecule has 5 nitrogen and oxygen atoms in total. The fourth-order valence-corrected chi connectivity index (χ4v) is 3.07. The van der Waals surface area contributed by atoms with Crippen LogP contribution in [0, 0.1) is 0 Å². The summed E-state index contributed by atoms with van der Waals surface area (Å²) in [5, 5.41) is 0. The summed E-state index contributed by atoms with van der Waals surface area (Å²) < 4.78 is 5.93. The lowest BCUT2D eigenvalue weighted by atomic mass is 10.1. The van der Waals surface area contributed by atoms with Crippen LogP contribution >= 0.6 is 0 Å². The molecule has 1 aliphatic heterocycles. The monoisotopic (exact) mass is 274 g/mol. The number of nitrogens with two attached hydrogens (primary N) is 1. The molecule has 0 spiro atoms. The average Bonchev–Trinajstić information content (AvgIpc) is 2.67. The van der Waals surface area contributed by atoms with Gasteiger partial charge in [-0.25, -0.2) is 4.98 Å². The lowest BCUT2D eigenvalue weighted by Crippen LogP contribution is -2.51. The van der Waals surface area contributed by atoms with Gasteiger partial charge in [-0.1, -0.05) is 0 Å². The van der Waals surface area contributed by atoms with Gasteiger partial charge < -0.3 is 15.5 Å². The van der Waals surface area contributed by atoms with E-state index in [9.17, 15) is 0 Å². The number of aromatic amines is 1. The summed E-state index contributed by atoms with van der Waals surface area (Å²) in [6, 6.07) is 5.77. The van der Waals surface area contributed by atoms with Gasteiger partial charge in [0.05, 0.1) is 29.3 Å². The molecule has 5 heteroatoms. The molecule has 0 amide bonds. The maximum atomic E-state index is 5.93. The number of rotatable bonds is 2. The third-order valence-corrected chi connectivity index (χ3v) is 3.57. The highest BCUT2D eigenvalue weighted by Gasteiger charge is 2.31. The summed E-state index contributed by atoms with van der Waals surface area (Å²) in [7, 11) is 0. The van der Waals surface area contributed by atoms with Gasteiger partial charge in [-0.15, -0.1) is 0 Å². The highest BCUT2D eigenvalue weighted by Crippen LogP contribution is 2.22. The van der Waals surface area contributed by atoms with E-state index >= 15 is 0 Å². The minimum Gasteiger partial charge on any atom is -0.399 e. The molecule has 1 saturated heterocycles. The number of aromatic nitrogens is 2. The topological polar surface area (TPSA) is 67.2 Å². The maximum Gasteiger partial charge on any atom is 0.121 e. The standard InChI is InChI=1S/C15H22N4O/c1-10-7-19(9-15(2,3)20-10)8-14-17-12-5-4-11(16)6-13(12)18-14/h4-6,10H,7-9,16H2,1-3H3,(H,17,18). The molecule has 0 saturated carbocycles. The first-order valence-electron chi connectivity index (χ1n) is 7.06. The van der Waals surface area contributed by atoms with E-state index in [1.807, 2.05) is 18.2 Å². The van der Waals surface area contributed by atoms with Crippen LogP contribution in [0.3, 0.4) is 0 Å². The molecule has 20 heavy (non-hydrogen) atoms. The number of morpholine rings is 1. The summed E-state index contributed by atoms with van der Waals surface area (Å²) >= 11 is 0. The van der Waals surface area contributed by atoms with Gasteiger partial charge in [0.1, 0.15) is 5.82 Å². The molecule has 108 valence electrons. The Morgan fingerprint density at radius 1 is 1.50 bits per heavy atom. The van der Waals surface area contributed by atoms with Gasteiger partial charge >= 0.3 is 0 Å². The highest BCUT2D eigenvalue weighted by atomic mass is 16.5. The molecule has 1 atom stereocenters. The van der Waals surface area contributed by atoms with E-state index in [0.717, 1.165) is 42.2 Å². The number of H-pyrrole nitrogens is 1. The summed E-state index contributed by atoms with van der Waals surface area (Å²) in [5.41, 5.74) is 8.42. The van der Waals surface area contributed by atoms with Crippen molar-refractivity contribution in [2.24, 2.45) is 0 Å². The lowest BCUT2D eigenvalue weighted by molar-refractivity contribution is -0.131. The van der Waals surface area contributed by atoms with Crippen molar-refractivity contribution >= 4 is 16.7 Å². The zero-order valence-corrected chi connectivity index (χ0v) is 12.3. The summed E-state index contributed by atoms with van der Waals surface area (Å²) in [5.74, 6) is 0.982. The molecule has 0 radical (unpaired) electrons. The summed E-state index contributed by atoms with van der Waals surface area (Å²) in [6.45, 7) is 9.04. The quantitative estimate of drug-likeness (QED) is 0.823. The smallest absolute Gasteiger partial charge is 0.121 e. The second kappa shape index (κ2) is 4.75. The normalized spacial score (nSPS) is 23.2. The molecule has 1 aromatic carbocycles. The van der Waals surface area contributed by atoms with Gasteiger partial charge in [-0.05, 0) is 39.0 Å². The fourth-order valence-electron chi connectivity index (χ4n) is 3.07. The Morgan fingerprint density at radius 3 is 3.05 bits per heavy atom. The SMILES string of the molecule is CC1CN(Cc2nc3ccc(N)cc3[nH]2)CC(C)(C)O1. The summed E-state index contributed by atoms with van der Waals surface area (Å²) in [4.78, 5) is 10.4. The number of nitrogens with one attached hydrogen (secondary N) is 1. The van der Waals surface area contributed by atoms with Crippen LogP contribution in [0.1, 0.15) is 26.6 Å². The van der Waals surface area contributed by atoms with Gasteiger partial charge in [0.25, 0.3) is 0 Å². The van der Waals surface area contributed by atoms with Crippen LogP contribution in [0.4, 0.5) is 5.69 Å². The first-order chi connectivity index (χ1) is 9.41. The van der Waals surface area contributed by atoms with Crippen molar-refractivity contribution in [1.82, 2.24) is 14.9 Å². The number of nitrogens with zero attached hydrogens (tertiary/aromatic N) is 2. The number of hydrogen-bond donors (Lipinski definition) is 2. The minimum atomic E-state index is -0.103. The Hall–Kier alpha value is -1.59. The lowest BCUT2D eigenvalue weighted by Gasteiger charge is -2.41. The molecule has 1 aromatic heterocycles. The van der Waals surface area contributed by atoms with Crippen molar-refractivity contribution in [2.45, 2.75) is 39.0 Å². The number of hydrogen-bond acceptors (Lipinski definition) is 4. The van der Waals surface area contributed by atoms with Crippen LogP contribution in [0.2, 0.25) is 0 Å². The van der Waals surface area contributed by atoms with E-state index in [2.05, 4.69) is 35.6 Å². The van der Waals surface area contributed by atoms with Crippen LogP contribution in [0.5, 0.6) is 0 Å². The molecule has 0 bridgehead atoms. The first kappa shape index (κ1) is 13.4. The molecule has 2 aromatic rings. The molecule has 1 unspecified atom stereocenters. The number of benzene rings is 1. The number of fused-ring (bicyclic) bond motifs is 1. The van der Waals surface area contributed by atoms with Crippen molar-refractivity contribution in [3.8, 4) is 0 Å². The molecular formula is C15H22N4O. The molecule has 0 aliphatic carbocycles. The molecule has 1 fully saturated rings. The van der Waals surface area contributed by atoms with Gasteiger partial charge in [0, 0.05) is 18.8 Å².